The molecule has 3 rings (SSSR count). The third kappa shape index (κ3) is 4.92. The molecule has 3 aromatic carbocycles. The Bertz CT molecular complexity index is 992. The standard InChI is InChI=1S/C23H21N3O2/c1-16(18-12-14-22(15-13-18)24-17(2)27)25-26-23(28)21-10-8-20(9-11-21)19-6-4-3-5-7-19/h3-15H,1-2H3,(H,24,27)(H,26,28)/b25-16+. The molecule has 2 N–H and O–H groups in total. The minimum absolute atomic E-state index is 0.122. The van der Waals surface area contributed by atoms with Crippen LogP contribution >= 0.6 is 0 Å². The summed E-state index contributed by atoms with van der Waals surface area (Å²) in [5.74, 6) is -0.391. The summed E-state index contributed by atoms with van der Waals surface area (Å²) in [5.41, 5.74) is 7.52. The summed E-state index contributed by atoms with van der Waals surface area (Å²) in [6.07, 6.45) is 0. The van der Waals surface area contributed by atoms with E-state index in [2.05, 4.69) is 15.8 Å². The Balaban J connectivity index is 1.64. The molecule has 140 valence electrons. The molecule has 0 unspecified atom stereocenters. The molecule has 0 spiro atoms. The van der Waals surface area contributed by atoms with Crippen LogP contribution in [0.5, 0.6) is 0 Å². The van der Waals surface area contributed by atoms with E-state index in [4.69, 9.17) is 0 Å². The van der Waals surface area contributed by atoms with Crippen LogP contribution in [0.25, 0.3) is 11.1 Å². The molecule has 0 aliphatic rings. The summed E-state index contributed by atoms with van der Waals surface area (Å²) in [6, 6.07) is 24.7. The molecule has 0 atom stereocenters. The molecule has 0 bridgehead atoms. The van der Waals surface area contributed by atoms with Gasteiger partial charge >= 0.3 is 0 Å². The van der Waals surface area contributed by atoms with Crippen LogP contribution < -0.4 is 10.7 Å². The average molecular weight is 371 g/mol. The highest BCUT2D eigenvalue weighted by molar-refractivity contribution is 6.01. The lowest BCUT2D eigenvalue weighted by atomic mass is 10.0. The molecule has 0 heterocycles. The van der Waals surface area contributed by atoms with E-state index in [0.717, 1.165) is 16.7 Å². The first-order valence-corrected chi connectivity index (χ1v) is 8.91. The Labute approximate surface area is 164 Å². The Hall–Kier alpha value is -3.73. The second-order valence-electron chi connectivity index (χ2n) is 6.34. The monoisotopic (exact) mass is 371 g/mol. The number of hydrazone groups is 1. The molecule has 0 aliphatic heterocycles. The maximum atomic E-state index is 12.3. The minimum Gasteiger partial charge on any atom is -0.326 e. The lowest BCUT2D eigenvalue weighted by molar-refractivity contribution is -0.114. The Morgan fingerprint density at radius 3 is 1.89 bits per heavy atom. The van der Waals surface area contributed by atoms with Gasteiger partial charge in [0, 0.05) is 18.2 Å². The molecule has 5 nitrogen and oxygen atoms in total. The van der Waals surface area contributed by atoms with E-state index in [9.17, 15) is 9.59 Å². The van der Waals surface area contributed by atoms with Gasteiger partial charge in [-0.05, 0) is 47.9 Å². The second-order valence-corrected chi connectivity index (χ2v) is 6.34. The first-order valence-electron chi connectivity index (χ1n) is 8.91. The van der Waals surface area contributed by atoms with Crippen LogP contribution in [0.1, 0.15) is 29.8 Å². The third-order valence-electron chi connectivity index (χ3n) is 4.20. The summed E-state index contributed by atoms with van der Waals surface area (Å²) in [5, 5.41) is 6.88. The number of amides is 2. The summed E-state index contributed by atoms with van der Waals surface area (Å²) >= 11 is 0. The predicted molar refractivity (Wildman–Crippen MR) is 112 cm³/mol. The molecule has 0 aliphatic carbocycles. The number of nitrogens with zero attached hydrogens (tertiary/aromatic N) is 1. The maximum absolute atomic E-state index is 12.3. The normalized spacial score (nSPS) is 11.0. The molecule has 0 saturated carbocycles. The first-order chi connectivity index (χ1) is 13.5. The smallest absolute Gasteiger partial charge is 0.271 e. The van der Waals surface area contributed by atoms with Crippen molar-refractivity contribution in [2.75, 3.05) is 5.32 Å². The van der Waals surface area contributed by atoms with E-state index >= 15 is 0 Å². The van der Waals surface area contributed by atoms with Crippen molar-refractivity contribution in [2.45, 2.75) is 13.8 Å². The maximum Gasteiger partial charge on any atom is 0.271 e. The number of benzene rings is 3. The topological polar surface area (TPSA) is 70.6 Å². The second kappa shape index (κ2) is 8.77. The van der Waals surface area contributed by atoms with E-state index in [1.165, 1.54) is 6.92 Å². The van der Waals surface area contributed by atoms with Crippen LogP contribution in [0, 0.1) is 0 Å². The molecular weight excluding hydrogens is 350 g/mol. The van der Waals surface area contributed by atoms with Crippen molar-refractivity contribution < 1.29 is 9.59 Å². The molecule has 3 aromatic rings. The van der Waals surface area contributed by atoms with Gasteiger partial charge in [0.1, 0.15) is 0 Å². The van der Waals surface area contributed by atoms with E-state index < -0.39 is 0 Å². The molecule has 0 aromatic heterocycles. The highest BCUT2D eigenvalue weighted by Crippen LogP contribution is 2.19. The quantitative estimate of drug-likeness (QED) is 0.513. The van der Waals surface area contributed by atoms with Crippen molar-refractivity contribution in [3.05, 3.63) is 90.0 Å². The van der Waals surface area contributed by atoms with Crippen molar-refractivity contribution in [2.24, 2.45) is 5.10 Å². The molecule has 0 saturated heterocycles. The number of rotatable bonds is 5. The Kier molecular flexibility index (Phi) is 5.97. The van der Waals surface area contributed by atoms with E-state index in [-0.39, 0.29) is 11.8 Å². The molecule has 28 heavy (non-hydrogen) atoms. The zero-order valence-corrected chi connectivity index (χ0v) is 15.8. The summed E-state index contributed by atoms with van der Waals surface area (Å²) in [4.78, 5) is 23.4. The van der Waals surface area contributed by atoms with Gasteiger partial charge in [0.15, 0.2) is 0 Å². The SMILES string of the molecule is CC(=O)Nc1ccc(/C(C)=N/NC(=O)c2ccc(-c3ccccc3)cc2)cc1. The zero-order chi connectivity index (χ0) is 19.9. The summed E-state index contributed by atoms with van der Waals surface area (Å²) in [6.45, 7) is 3.27. The predicted octanol–water partition coefficient (Wildman–Crippen LogP) is 4.47. The largest absolute Gasteiger partial charge is 0.326 e. The van der Waals surface area contributed by atoms with Gasteiger partial charge in [-0.1, -0.05) is 54.6 Å². The summed E-state index contributed by atoms with van der Waals surface area (Å²) in [7, 11) is 0. The van der Waals surface area contributed by atoms with Gasteiger partial charge < -0.3 is 5.32 Å². The number of carbonyl (C=O) groups excluding carboxylic acids is 2. The molecular formula is C23H21N3O2. The van der Waals surface area contributed by atoms with Crippen LogP contribution in [-0.4, -0.2) is 17.5 Å². The Morgan fingerprint density at radius 1 is 0.714 bits per heavy atom. The van der Waals surface area contributed by atoms with Crippen molar-refractivity contribution in [3.8, 4) is 11.1 Å². The van der Waals surface area contributed by atoms with Crippen LogP contribution in [0.4, 0.5) is 5.69 Å². The lowest BCUT2D eigenvalue weighted by Gasteiger charge is -2.06. The lowest BCUT2D eigenvalue weighted by Crippen LogP contribution is -2.19. The van der Waals surface area contributed by atoms with Gasteiger partial charge in [0.05, 0.1) is 5.71 Å². The van der Waals surface area contributed by atoms with Crippen LogP contribution in [0.2, 0.25) is 0 Å². The summed E-state index contributed by atoms with van der Waals surface area (Å²) < 4.78 is 0. The number of hydrogen-bond donors (Lipinski definition) is 2. The van der Waals surface area contributed by atoms with Gasteiger partial charge in [-0.15, -0.1) is 0 Å². The van der Waals surface area contributed by atoms with E-state index in [0.29, 0.717) is 17.0 Å². The molecule has 5 heteroatoms. The highest BCUT2D eigenvalue weighted by atomic mass is 16.2. The number of nitrogens with one attached hydrogen (secondary N) is 2. The third-order valence-corrected chi connectivity index (χ3v) is 4.20. The molecule has 2 amide bonds. The number of carbonyl (C=O) groups is 2. The minimum atomic E-state index is -0.270. The Morgan fingerprint density at radius 2 is 1.29 bits per heavy atom. The number of hydrogen-bond acceptors (Lipinski definition) is 3. The number of anilines is 1. The van der Waals surface area contributed by atoms with Crippen LogP contribution in [0.3, 0.4) is 0 Å². The van der Waals surface area contributed by atoms with Gasteiger partial charge in [-0.25, -0.2) is 5.43 Å². The van der Waals surface area contributed by atoms with Crippen LogP contribution in [0.15, 0.2) is 84.0 Å². The highest BCUT2D eigenvalue weighted by Gasteiger charge is 2.06. The zero-order valence-electron chi connectivity index (χ0n) is 15.8. The molecule has 0 radical (unpaired) electrons. The van der Waals surface area contributed by atoms with Crippen molar-refractivity contribution in [3.63, 3.8) is 0 Å². The van der Waals surface area contributed by atoms with Gasteiger partial charge in [-0.2, -0.15) is 5.10 Å². The van der Waals surface area contributed by atoms with E-state index in [1.54, 1.807) is 24.3 Å². The van der Waals surface area contributed by atoms with Crippen molar-refractivity contribution >= 4 is 23.2 Å². The molecule has 0 fully saturated rings. The van der Waals surface area contributed by atoms with Gasteiger partial charge in [0.2, 0.25) is 5.91 Å². The van der Waals surface area contributed by atoms with Crippen molar-refractivity contribution in [1.82, 2.24) is 5.43 Å². The van der Waals surface area contributed by atoms with Gasteiger partial charge in [-0.3, -0.25) is 9.59 Å². The fourth-order valence-corrected chi connectivity index (χ4v) is 2.71. The first kappa shape index (κ1) is 19.0. The van der Waals surface area contributed by atoms with Crippen LogP contribution in [-0.2, 0) is 4.79 Å². The van der Waals surface area contributed by atoms with E-state index in [1.807, 2.05) is 61.5 Å². The fraction of sp³-hybridized carbons (Fsp3) is 0.0870. The van der Waals surface area contributed by atoms with Crippen molar-refractivity contribution in [1.29, 1.82) is 0 Å². The van der Waals surface area contributed by atoms with Gasteiger partial charge in [0.25, 0.3) is 5.91 Å². The fourth-order valence-electron chi connectivity index (χ4n) is 2.71. The average Bonchev–Trinajstić information content (AvgIpc) is 2.72.